The number of nitrogens with zero attached hydrogens (tertiary/aromatic N) is 1. The second-order valence-electron chi connectivity index (χ2n) is 7.58. The number of amides is 1. The van der Waals surface area contributed by atoms with Crippen LogP contribution in [-0.2, 0) is 6.61 Å². The lowest BCUT2D eigenvalue weighted by Gasteiger charge is -2.10. The molecule has 1 N–H and O–H groups in total. The first kappa shape index (κ1) is 25.2. The Morgan fingerprint density at radius 1 is 0.889 bits per heavy atom. The molecule has 0 aliphatic rings. The van der Waals surface area contributed by atoms with Gasteiger partial charge in [0.05, 0.1) is 17.3 Å². The smallest absolute Gasteiger partial charge is 0.343 e. The Balaban J connectivity index is 1.32. The number of carbonyl (C=O) groups is 2. The summed E-state index contributed by atoms with van der Waals surface area (Å²) in [5.74, 6) is -0.0147. The molecule has 180 valence electrons. The number of para-hydroxylation sites is 1. The minimum absolute atomic E-state index is 0.295. The topological polar surface area (TPSA) is 77.0 Å². The Hall–Kier alpha value is -3.94. The first-order valence-corrected chi connectivity index (χ1v) is 12.0. The Bertz CT molecular complexity index is 1370. The lowest BCUT2D eigenvalue weighted by molar-refractivity contribution is 0.0734. The molecule has 0 aliphatic heterocycles. The first-order valence-electron chi connectivity index (χ1n) is 10.9. The van der Waals surface area contributed by atoms with Crippen LogP contribution in [0.4, 0.5) is 0 Å². The van der Waals surface area contributed by atoms with Crippen LogP contribution in [0.3, 0.4) is 0 Å². The third-order valence-electron chi connectivity index (χ3n) is 4.99. The Labute approximate surface area is 221 Å². The quantitative estimate of drug-likeness (QED) is 0.112. The van der Waals surface area contributed by atoms with Gasteiger partial charge in [0.25, 0.3) is 5.91 Å². The number of benzene rings is 4. The molecule has 0 atom stereocenters. The number of ether oxygens (including phenoxy) is 2. The summed E-state index contributed by atoms with van der Waals surface area (Å²) in [6, 6.07) is 27.9. The average molecular weight is 564 g/mol. The van der Waals surface area contributed by atoms with Gasteiger partial charge in [-0.3, -0.25) is 4.79 Å². The van der Waals surface area contributed by atoms with Crippen molar-refractivity contribution in [1.82, 2.24) is 5.43 Å². The summed E-state index contributed by atoms with van der Waals surface area (Å²) in [6.45, 7) is 0.295. The van der Waals surface area contributed by atoms with Crippen molar-refractivity contribution in [2.24, 2.45) is 5.10 Å². The standard InChI is InChI=1S/C28H20BrClN2O4/c29-22-11-9-21(10-12-22)28(34)36-24-15-7-19(8-16-24)17-31-32-27(33)25-3-1-2-4-26(25)35-18-20-5-13-23(30)14-6-20/h1-17H,18H2,(H,32,33)/b31-17+. The Kier molecular flexibility index (Phi) is 8.49. The van der Waals surface area contributed by atoms with Gasteiger partial charge in [-0.05, 0) is 83.9 Å². The van der Waals surface area contributed by atoms with Crippen LogP contribution in [0, 0.1) is 0 Å². The summed E-state index contributed by atoms with van der Waals surface area (Å²) in [5, 5.41) is 4.67. The second-order valence-corrected chi connectivity index (χ2v) is 8.93. The zero-order chi connectivity index (χ0) is 25.3. The van der Waals surface area contributed by atoms with Gasteiger partial charge in [0, 0.05) is 9.50 Å². The van der Waals surface area contributed by atoms with Crippen molar-refractivity contribution in [1.29, 1.82) is 0 Å². The van der Waals surface area contributed by atoms with Gasteiger partial charge in [0.15, 0.2) is 0 Å². The lowest BCUT2D eigenvalue weighted by Crippen LogP contribution is -2.18. The van der Waals surface area contributed by atoms with E-state index in [1.165, 1.54) is 6.21 Å². The molecular formula is C28H20BrClN2O4. The van der Waals surface area contributed by atoms with E-state index >= 15 is 0 Å². The highest BCUT2D eigenvalue weighted by atomic mass is 79.9. The molecule has 0 spiro atoms. The average Bonchev–Trinajstić information content (AvgIpc) is 2.90. The van der Waals surface area contributed by atoms with Crippen LogP contribution in [-0.4, -0.2) is 18.1 Å². The number of hydrogen-bond donors (Lipinski definition) is 1. The van der Waals surface area contributed by atoms with E-state index in [0.29, 0.717) is 39.8 Å². The summed E-state index contributed by atoms with van der Waals surface area (Å²) < 4.78 is 12.1. The molecule has 0 unspecified atom stereocenters. The number of nitrogens with one attached hydrogen (secondary N) is 1. The molecule has 6 nitrogen and oxygen atoms in total. The van der Waals surface area contributed by atoms with Gasteiger partial charge in [-0.15, -0.1) is 0 Å². The van der Waals surface area contributed by atoms with Crippen LogP contribution in [0.2, 0.25) is 5.02 Å². The van der Waals surface area contributed by atoms with E-state index < -0.39 is 11.9 Å². The summed E-state index contributed by atoms with van der Waals surface area (Å²) >= 11 is 9.25. The van der Waals surface area contributed by atoms with E-state index in [1.807, 2.05) is 12.1 Å². The van der Waals surface area contributed by atoms with E-state index in [2.05, 4.69) is 26.5 Å². The molecule has 8 heteroatoms. The Morgan fingerprint density at radius 2 is 1.58 bits per heavy atom. The van der Waals surface area contributed by atoms with E-state index in [4.69, 9.17) is 21.1 Å². The van der Waals surface area contributed by atoms with Gasteiger partial charge in [-0.25, -0.2) is 10.2 Å². The van der Waals surface area contributed by atoms with Crippen molar-refractivity contribution in [3.8, 4) is 11.5 Å². The predicted octanol–water partition coefficient (Wildman–Crippen LogP) is 6.66. The number of rotatable bonds is 8. The molecular weight excluding hydrogens is 544 g/mol. The van der Waals surface area contributed by atoms with Crippen LogP contribution >= 0.6 is 27.5 Å². The zero-order valence-corrected chi connectivity index (χ0v) is 21.2. The fraction of sp³-hybridized carbons (Fsp3) is 0.0357. The van der Waals surface area contributed by atoms with Gasteiger partial charge in [0.1, 0.15) is 18.1 Å². The van der Waals surface area contributed by atoms with E-state index in [-0.39, 0.29) is 0 Å². The maximum atomic E-state index is 12.7. The molecule has 0 fully saturated rings. The molecule has 36 heavy (non-hydrogen) atoms. The molecule has 0 aromatic heterocycles. The minimum atomic E-state index is -0.451. The third kappa shape index (κ3) is 7.04. The van der Waals surface area contributed by atoms with Crippen LogP contribution in [0.1, 0.15) is 31.8 Å². The van der Waals surface area contributed by atoms with Crippen molar-refractivity contribution in [3.63, 3.8) is 0 Å². The highest BCUT2D eigenvalue weighted by Crippen LogP contribution is 2.20. The van der Waals surface area contributed by atoms with Crippen LogP contribution < -0.4 is 14.9 Å². The largest absolute Gasteiger partial charge is 0.488 e. The van der Waals surface area contributed by atoms with Crippen molar-refractivity contribution in [3.05, 3.63) is 129 Å². The molecule has 0 saturated carbocycles. The van der Waals surface area contributed by atoms with Crippen LogP contribution in [0.25, 0.3) is 0 Å². The fourth-order valence-corrected chi connectivity index (χ4v) is 3.51. The summed E-state index contributed by atoms with van der Waals surface area (Å²) in [6.07, 6.45) is 1.50. The van der Waals surface area contributed by atoms with E-state index in [0.717, 1.165) is 10.0 Å². The van der Waals surface area contributed by atoms with Gasteiger partial charge in [-0.1, -0.05) is 51.8 Å². The number of halogens is 2. The molecule has 0 bridgehead atoms. The molecule has 0 aliphatic carbocycles. The second kappa shape index (κ2) is 12.2. The zero-order valence-electron chi connectivity index (χ0n) is 18.9. The van der Waals surface area contributed by atoms with Crippen LogP contribution in [0.5, 0.6) is 11.5 Å². The maximum absolute atomic E-state index is 12.7. The molecule has 4 rings (SSSR count). The maximum Gasteiger partial charge on any atom is 0.343 e. The normalized spacial score (nSPS) is 10.7. The van der Waals surface area contributed by atoms with Crippen LogP contribution in [0.15, 0.2) is 107 Å². The highest BCUT2D eigenvalue weighted by molar-refractivity contribution is 9.10. The van der Waals surface area contributed by atoms with Crippen molar-refractivity contribution < 1.29 is 19.1 Å². The molecule has 0 radical (unpaired) electrons. The summed E-state index contributed by atoms with van der Waals surface area (Å²) in [7, 11) is 0. The van der Waals surface area contributed by atoms with E-state index in [1.54, 1.807) is 84.9 Å². The Morgan fingerprint density at radius 3 is 2.31 bits per heavy atom. The summed E-state index contributed by atoms with van der Waals surface area (Å²) in [5.41, 5.74) is 4.96. The number of hydrazone groups is 1. The monoisotopic (exact) mass is 562 g/mol. The van der Waals surface area contributed by atoms with Crippen molar-refractivity contribution >= 4 is 45.6 Å². The SMILES string of the molecule is O=C(Oc1ccc(/C=N/NC(=O)c2ccccc2OCc2ccc(Cl)cc2)cc1)c1ccc(Br)cc1. The molecule has 4 aromatic rings. The highest BCUT2D eigenvalue weighted by Gasteiger charge is 2.12. The number of hydrogen-bond acceptors (Lipinski definition) is 5. The van der Waals surface area contributed by atoms with E-state index in [9.17, 15) is 9.59 Å². The molecule has 4 aromatic carbocycles. The van der Waals surface area contributed by atoms with Gasteiger partial charge >= 0.3 is 5.97 Å². The lowest BCUT2D eigenvalue weighted by atomic mass is 10.2. The third-order valence-corrected chi connectivity index (χ3v) is 5.77. The molecule has 0 saturated heterocycles. The van der Waals surface area contributed by atoms with Gasteiger partial charge in [-0.2, -0.15) is 5.10 Å². The molecule has 0 heterocycles. The molecule has 1 amide bonds. The fourth-order valence-electron chi connectivity index (χ4n) is 3.12. The number of carbonyl (C=O) groups excluding carboxylic acids is 2. The van der Waals surface area contributed by atoms with Crippen molar-refractivity contribution in [2.45, 2.75) is 6.61 Å². The summed E-state index contributed by atoms with van der Waals surface area (Å²) in [4.78, 5) is 24.9. The van der Waals surface area contributed by atoms with Crippen molar-refractivity contribution in [2.75, 3.05) is 0 Å². The minimum Gasteiger partial charge on any atom is -0.488 e. The predicted molar refractivity (Wildman–Crippen MR) is 143 cm³/mol. The van der Waals surface area contributed by atoms with Gasteiger partial charge in [0.2, 0.25) is 0 Å². The first-order chi connectivity index (χ1) is 17.5. The number of esters is 1. The van der Waals surface area contributed by atoms with Gasteiger partial charge < -0.3 is 9.47 Å².